The van der Waals surface area contributed by atoms with Crippen molar-refractivity contribution in [3.8, 4) is 0 Å². The lowest BCUT2D eigenvalue weighted by molar-refractivity contribution is -0.141. The second-order valence-corrected chi connectivity index (χ2v) is 4.73. The van der Waals surface area contributed by atoms with Crippen molar-refractivity contribution in [3.05, 3.63) is 34.9 Å². The summed E-state index contributed by atoms with van der Waals surface area (Å²) in [6.45, 7) is 2.03. The molecule has 1 atom stereocenters. The fraction of sp³-hybridized carbons (Fsp3) is 0.333. The highest BCUT2D eigenvalue weighted by atomic mass is 16.5. The van der Waals surface area contributed by atoms with Gasteiger partial charge < -0.3 is 20.1 Å². The van der Waals surface area contributed by atoms with Crippen LogP contribution in [0.4, 0.5) is 0 Å². The summed E-state index contributed by atoms with van der Waals surface area (Å²) in [7, 11) is 0. The van der Waals surface area contributed by atoms with Gasteiger partial charge in [-0.15, -0.1) is 0 Å². The Morgan fingerprint density at radius 1 is 1.09 bits per heavy atom. The standard InChI is InChI=1S/C9H6O6.C6H10O2/c10-7(11)4-1-2-5(8(12)13)6(3-4)9(14)15;1-2-5-3-4-6(7)8-5/h1-3H,(H,10,11)(H,12,13)(H,14,15);5H,2-4H2,1H3. The number of carboxylic acids is 3. The first-order valence-electron chi connectivity index (χ1n) is 6.79. The molecule has 2 rings (SSSR count). The van der Waals surface area contributed by atoms with E-state index in [9.17, 15) is 19.2 Å². The minimum absolute atomic E-state index is 0.0307. The first-order chi connectivity index (χ1) is 10.8. The van der Waals surface area contributed by atoms with Crippen LogP contribution in [0, 0.1) is 0 Å². The average molecular weight is 324 g/mol. The van der Waals surface area contributed by atoms with E-state index >= 15 is 0 Å². The van der Waals surface area contributed by atoms with Crippen LogP contribution in [0.2, 0.25) is 0 Å². The molecule has 0 saturated carbocycles. The lowest BCUT2D eigenvalue weighted by Gasteiger charge is -2.02. The van der Waals surface area contributed by atoms with E-state index < -0.39 is 29.0 Å². The van der Waals surface area contributed by atoms with Crippen LogP contribution in [0.25, 0.3) is 0 Å². The number of hydrogen-bond acceptors (Lipinski definition) is 5. The normalized spacial score (nSPS) is 16.0. The maximum absolute atomic E-state index is 10.6. The average Bonchev–Trinajstić information content (AvgIpc) is 2.92. The van der Waals surface area contributed by atoms with Gasteiger partial charge in [-0.2, -0.15) is 0 Å². The van der Waals surface area contributed by atoms with E-state index in [0.717, 1.165) is 31.0 Å². The number of aromatic carboxylic acids is 3. The van der Waals surface area contributed by atoms with E-state index in [1.165, 1.54) is 0 Å². The van der Waals surface area contributed by atoms with Crippen molar-refractivity contribution in [2.75, 3.05) is 0 Å². The molecular weight excluding hydrogens is 308 g/mol. The molecule has 8 nitrogen and oxygen atoms in total. The van der Waals surface area contributed by atoms with Crippen LogP contribution in [0.15, 0.2) is 18.2 Å². The Hall–Kier alpha value is -2.90. The number of carboxylic acid groups (broad SMARTS) is 3. The molecule has 1 saturated heterocycles. The van der Waals surface area contributed by atoms with E-state index in [0.29, 0.717) is 6.42 Å². The van der Waals surface area contributed by atoms with Crippen molar-refractivity contribution < 1.29 is 39.2 Å². The molecule has 0 amide bonds. The molecule has 0 aliphatic carbocycles. The first kappa shape index (κ1) is 18.1. The zero-order valence-electron chi connectivity index (χ0n) is 12.3. The Labute approximate surface area is 131 Å². The lowest BCUT2D eigenvalue weighted by Crippen LogP contribution is -2.10. The van der Waals surface area contributed by atoms with Gasteiger partial charge in [-0.1, -0.05) is 6.92 Å². The highest BCUT2D eigenvalue weighted by Gasteiger charge is 2.20. The largest absolute Gasteiger partial charge is 0.478 e. The highest BCUT2D eigenvalue weighted by molar-refractivity contribution is 6.03. The summed E-state index contributed by atoms with van der Waals surface area (Å²) in [5, 5.41) is 25.9. The summed E-state index contributed by atoms with van der Waals surface area (Å²) in [6, 6.07) is 2.81. The zero-order valence-corrected chi connectivity index (χ0v) is 12.3. The van der Waals surface area contributed by atoms with Gasteiger partial charge in [0.25, 0.3) is 0 Å². The van der Waals surface area contributed by atoms with Gasteiger partial charge in [0.15, 0.2) is 0 Å². The Balaban J connectivity index is 0.000000277. The number of benzene rings is 1. The molecule has 0 spiro atoms. The van der Waals surface area contributed by atoms with Crippen LogP contribution in [0.1, 0.15) is 57.3 Å². The Morgan fingerprint density at radius 3 is 2.04 bits per heavy atom. The number of ether oxygens (including phenoxy) is 1. The van der Waals surface area contributed by atoms with Crippen molar-refractivity contribution in [1.29, 1.82) is 0 Å². The molecule has 1 fully saturated rings. The van der Waals surface area contributed by atoms with Gasteiger partial charge in [0.1, 0.15) is 6.10 Å². The smallest absolute Gasteiger partial charge is 0.336 e. The van der Waals surface area contributed by atoms with Gasteiger partial charge >= 0.3 is 23.9 Å². The molecule has 1 aliphatic rings. The molecule has 1 unspecified atom stereocenters. The predicted molar refractivity (Wildman–Crippen MR) is 76.7 cm³/mol. The Kier molecular flexibility index (Phi) is 6.25. The number of carbonyl (C=O) groups is 4. The van der Waals surface area contributed by atoms with Crippen LogP contribution in [0.3, 0.4) is 0 Å². The van der Waals surface area contributed by atoms with Crippen LogP contribution in [0.5, 0.6) is 0 Å². The predicted octanol–water partition coefficient (Wildman–Crippen LogP) is 1.88. The third kappa shape index (κ3) is 5.10. The molecular formula is C15H16O8. The number of hydrogen-bond donors (Lipinski definition) is 3. The topological polar surface area (TPSA) is 138 Å². The first-order valence-corrected chi connectivity index (χ1v) is 6.79. The summed E-state index contributed by atoms with van der Waals surface area (Å²) in [5.74, 6) is -4.23. The van der Waals surface area contributed by atoms with Gasteiger partial charge in [0.05, 0.1) is 16.7 Å². The molecule has 0 radical (unpaired) electrons. The number of carbonyl (C=O) groups excluding carboxylic acids is 1. The molecule has 3 N–H and O–H groups in total. The number of cyclic esters (lactones) is 1. The van der Waals surface area contributed by atoms with Crippen LogP contribution < -0.4 is 0 Å². The maximum Gasteiger partial charge on any atom is 0.336 e. The van der Waals surface area contributed by atoms with E-state index in [4.69, 9.17) is 20.1 Å². The second kappa shape index (κ2) is 7.92. The minimum Gasteiger partial charge on any atom is -0.478 e. The Morgan fingerprint density at radius 2 is 1.70 bits per heavy atom. The Bertz CT molecular complexity index is 634. The summed E-state index contributed by atoms with van der Waals surface area (Å²) in [5.41, 5.74) is -1.24. The van der Waals surface area contributed by atoms with Crippen LogP contribution in [-0.4, -0.2) is 45.3 Å². The van der Waals surface area contributed by atoms with Crippen LogP contribution >= 0.6 is 0 Å². The minimum atomic E-state index is -1.48. The van der Waals surface area contributed by atoms with Crippen LogP contribution in [-0.2, 0) is 9.53 Å². The quantitative estimate of drug-likeness (QED) is 0.714. The summed E-state index contributed by atoms with van der Waals surface area (Å²) >= 11 is 0. The summed E-state index contributed by atoms with van der Waals surface area (Å²) in [6.07, 6.45) is 2.74. The summed E-state index contributed by atoms with van der Waals surface area (Å²) in [4.78, 5) is 42.1. The molecule has 1 aromatic carbocycles. The third-order valence-corrected chi connectivity index (χ3v) is 3.15. The third-order valence-electron chi connectivity index (χ3n) is 3.15. The summed E-state index contributed by atoms with van der Waals surface area (Å²) < 4.78 is 4.87. The molecule has 23 heavy (non-hydrogen) atoms. The van der Waals surface area contributed by atoms with Crippen molar-refractivity contribution in [2.45, 2.75) is 32.3 Å². The van der Waals surface area contributed by atoms with Gasteiger partial charge in [0, 0.05) is 6.42 Å². The van der Waals surface area contributed by atoms with E-state index in [1.807, 2.05) is 6.92 Å². The van der Waals surface area contributed by atoms with Gasteiger partial charge in [-0.3, -0.25) is 4.79 Å². The van der Waals surface area contributed by atoms with Gasteiger partial charge in [-0.05, 0) is 31.0 Å². The van der Waals surface area contributed by atoms with E-state index in [1.54, 1.807) is 0 Å². The number of rotatable bonds is 4. The molecule has 8 heteroatoms. The fourth-order valence-corrected chi connectivity index (χ4v) is 1.91. The molecule has 1 heterocycles. The molecule has 0 bridgehead atoms. The van der Waals surface area contributed by atoms with Crippen molar-refractivity contribution in [3.63, 3.8) is 0 Å². The molecule has 124 valence electrons. The van der Waals surface area contributed by atoms with Crippen molar-refractivity contribution in [2.24, 2.45) is 0 Å². The maximum atomic E-state index is 10.6. The zero-order chi connectivity index (χ0) is 17.6. The monoisotopic (exact) mass is 324 g/mol. The SMILES string of the molecule is CCC1CCC(=O)O1.O=C(O)c1ccc(C(=O)O)c(C(=O)O)c1. The van der Waals surface area contributed by atoms with E-state index in [2.05, 4.69) is 0 Å². The molecule has 0 aromatic heterocycles. The van der Waals surface area contributed by atoms with Crippen molar-refractivity contribution >= 4 is 23.9 Å². The fourth-order valence-electron chi connectivity index (χ4n) is 1.91. The van der Waals surface area contributed by atoms with Gasteiger partial charge in [-0.25, -0.2) is 14.4 Å². The second-order valence-electron chi connectivity index (χ2n) is 4.73. The number of esters is 1. The lowest BCUT2D eigenvalue weighted by atomic mass is 10.0. The van der Waals surface area contributed by atoms with E-state index in [-0.39, 0.29) is 17.6 Å². The molecule has 1 aromatic rings. The van der Waals surface area contributed by atoms with Crippen molar-refractivity contribution in [1.82, 2.24) is 0 Å². The molecule has 1 aliphatic heterocycles. The van der Waals surface area contributed by atoms with Gasteiger partial charge in [0.2, 0.25) is 0 Å². The highest BCUT2D eigenvalue weighted by Crippen LogP contribution is 2.15.